The summed E-state index contributed by atoms with van der Waals surface area (Å²) in [6.45, 7) is 0.459. The van der Waals surface area contributed by atoms with Crippen LogP contribution in [-0.2, 0) is 6.42 Å². The molecule has 0 fully saturated rings. The zero-order valence-corrected chi connectivity index (χ0v) is 9.27. The Hall–Kier alpha value is -1.84. The Bertz CT molecular complexity index is 490. The first-order chi connectivity index (χ1) is 8.25. The molecule has 0 bridgehead atoms. The van der Waals surface area contributed by atoms with E-state index in [2.05, 4.69) is 4.98 Å². The van der Waals surface area contributed by atoms with Gasteiger partial charge in [0.25, 0.3) is 0 Å². The molecule has 2 aromatic rings. The molecule has 0 aliphatic heterocycles. The molecule has 2 radical (unpaired) electrons. The average molecular weight is 227 g/mol. The van der Waals surface area contributed by atoms with Crippen LogP contribution in [0.4, 0.5) is 4.39 Å². The monoisotopic (exact) mass is 227 g/mol. The summed E-state index contributed by atoms with van der Waals surface area (Å²) in [6.07, 6.45) is 2.42. The molecule has 1 aromatic heterocycles. The maximum Gasteiger partial charge on any atom is 0.122 e. The van der Waals surface area contributed by atoms with Crippen molar-refractivity contribution < 1.29 is 9.13 Å². The van der Waals surface area contributed by atoms with Crippen molar-refractivity contribution in [2.75, 3.05) is 6.61 Å². The predicted octanol–water partition coefficient (Wildman–Crippen LogP) is 1.64. The molecule has 0 aliphatic carbocycles. The van der Waals surface area contributed by atoms with Gasteiger partial charge in [-0.2, -0.15) is 0 Å². The summed E-state index contributed by atoms with van der Waals surface area (Å²) in [5.74, 6) is 0.0213. The van der Waals surface area contributed by atoms with Crippen LogP contribution in [0.2, 0.25) is 0 Å². The number of hydrogen-bond acceptors (Lipinski definition) is 2. The van der Waals surface area contributed by atoms with Gasteiger partial charge in [-0.3, -0.25) is 4.98 Å². The standard InChI is InChI=1S/C13H11BFNO/c14-12-5-4-11(9-13(12)15)17-8-6-10-3-1-2-7-16-10/h1-5,7,9H,6,8H2. The van der Waals surface area contributed by atoms with Crippen molar-refractivity contribution in [1.29, 1.82) is 0 Å². The Morgan fingerprint density at radius 3 is 2.82 bits per heavy atom. The van der Waals surface area contributed by atoms with Crippen LogP contribution in [-0.4, -0.2) is 19.4 Å². The van der Waals surface area contributed by atoms with Gasteiger partial charge in [0.1, 0.15) is 19.4 Å². The van der Waals surface area contributed by atoms with Crippen LogP contribution in [0, 0.1) is 5.82 Å². The number of hydrogen-bond donors (Lipinski definition) is 0. The number of pyridine rings is 1. The maximum atomic E-state index is 13.1. The van der Waals surface area contributed by atoms with Gasteiger partial charge in [-0.15, -0.1) is 0 Å². The Balaban J connectivity index is 1.88. The normalized spacial score (nSPS) is 10.2. The van der Waals surface area contributed by atoms with Gasteiger partial charge in [0.05, 0.1) is 6.61 Å². The highest BCUT2D eigenvalue weighted by Gasteiger charge is 2.00. The lowest BCUT2D eigenvalue weighted by Crippen LogP contribution is -2.09. The first-order valence-corrected chi connectivity index (χ1v) is 5.33. The number of rotatable bonds is 4. The summed E-state index contributed by atoms with van der Waals surface area (Å²) in [4.78, 5) is 4.17. The summed E-state index contributed by atoms with van der Waals surface area (Å²) in [6, 6.07) is 10.1. The fraction of sp³-hybridized carbons (Fsp3) is 0.154. The van der Waals surface area contributed by atoms with Crippen molar-refractivity contribution >= 4 is 13.3 Å². The number of ether oxygens (including phenoxy) is 1. The molecule has 0 saturated carbocycles. The lowest BCUT2D eigenvalue weighted by Gasteiger charge is -2.06. The quantitative estimate of drug-likeness (QED) is 0.740. The number of benzene rings is 1. The molecule has 0 unspecified atom stereocenters. The smallest absolute Gasteiger partial charge is 0.122 e. The van der Waals surface area contributed by atoms with Gasteiger partial charge in [0.15, 0.2) is 0 Å². The van der Waals surface area contributed by atoms with E-state index in [1.807, 2.05) is 18.2 Å². The maximum absolute atomic E-state index is 13.1. The van der Waals surface area contributed by atoms with Gasteiger partial charge in [0, 0.05) is 24.4 Å². The van der Waals surface area contributed by atoms with Crippen molar-refractivity contribution in [3.63, 3.8) is 0 Å². The third-order valence-electron chi connectivity index (χ3n) is 2.32. The Morgan fingerprint density at radius 1 is 1.24 bits per heavy atom. The average Bonchev–Trinajstić information content (AvgIpc) is 2.35. The minimum absolute atomic E-state index is 0.127. The van der Waals surface area contributed by atoms with Crippen molar-refractivity contribution in [3.05, 3.63) is 54.1 Å². The fourth-order valence-corrected chi connectivity index (χ4v) is 1.42. The minimum Gasteiger partial charge on any atom is -0.493 e. The molecule has 0 spiro atoms. The van der Waals surface area contributed by atoms with Crippen LogP contribution < -0.4 is 10.2 Å². The SMILES string of the molecule is [B]c1ccc(OCCc2ccccn2)cc1F. The molecule has 1 heterocycles. The second kappa shape index (κ2) is 5.48. The van der Waals surface area contributed by atoms with Gasteiger partial charge in [-0.05, 0) is 18.2 Å². The molecule has 2 rings (SSSR count). The third-order valence-corrected chi connectivity index (χ3v) is 2.32. The van der Waals surface area contributed by atoms with E-state index >= 15 is 0 Å². The van der Waals surface area contributed by atoms with Crippen LogP contribution in [0.3, 0.4) is 0 Å². The summed E-state index contributed by atoms with van der Waals surface area (Å²) >= 11 is 0. The number of aromatic nitrogens is 1. The lowest BCUT2D eigenvalue weighted by atomic mass is 9.96. The Morgan fingerprint density at radius 2 is 2.12 bits per heavy atom. The van der Waals surface area contributed by atoms with E-state index in [-0.39, 0.29) is 5.46 Å². The van der Waals surface area contributed by atoms with Crippen molar-refractivity contribution in [3.8, 4) is 5.75 Å². The van der Waals surface area contributed by atoms with Crippen molar-refractivity contribution in [2.45, 2.75) is 6.42 Å². The van der Waals surface area contributed by atoms with Gasteiger partial charge in [-0.1, -0.05) is 17.6 Å². The molecule has 0 aliphatic rings. The van der Waals surface area contributed by atoms with E-state index in [0.717, 1.165) is 5.69 Å². The van der Waals surface area contributed by atoms with Gasteiger partial charge < -0.3 is 4.74 Å². The van der Waals surface area contributed by atoms with E-state index < -0.39 is 5.82 Å². The second-order valence-electron chi connectivity index (χ2n) is 3.60. The van der Waals surface area contributed by atoms with Crippen LogP contribution in [0.1, 0.15) is 5.69 Å². The van der Waals surface area contributed by atoms with Gasteiger partial charge in [0.2, 0.25) is 0 Å². The lowest BCUT2D eigenvalue weighted by molar-refractivity contribution is 0.319. The largest absolute Gasteiger partial charge is 0.493 e. The molecule has 0 saturated heterocycles. The van der Waals surface area contributed by atoms with Crippen molar-refractivity contribution in [1.82, 2.24) is 4.98 Å². The van der Waals surface area contributed by atoms with E-state index in [1.165, 1.54) is 12.1 Å². The van der Waals surface area contributed by atoms with Crippen LogP contribution in [0.25, 0.3) is 0 Å². The molecule has 1 aromatic carbocycles. The minimum atomic E-state index is -0.458. The summed E-state index contributed by atoms with van der Waals surface area (Å²) in [5, 5.41) is 0. The van der Waals surface area contributed by atoms with Gasteiger partial charge >= 0.3 is 0 Å². The first-order valence-electron chi connectivity index (χ1n) is 5.33. The second-order valence-corrected chi connectivity index (χ2v) is 3.60. The van der Waals surface area contributed by atoms with Crippen LogP contribution >= 0.6 is 0 Å². The summed E-state index contributed by atoms with van der Waals surface area (Å²) in [5.41, 5.74) is 1.07. The number of nitrogens with zero attached hydrogens (tertiary/aromatic N) is 1. The predicted molar refractivity (Wildman–Crippen MR) is 65.2 cm³/mol. The van der Waals surface area contributed by atoms with E-state index in [4.69, 9.17) is 12.6 Å². The molecular weight excluding hydrogens is 216 g/mol. The molecule has 0 amide bonds. The fourth-order valence-electron chi connectivity index (χ4n) is 1.42. The van der Waals surface area contributed by atoms with Crippen molar-refractivity contribution in [2.24, 2.45) is 0 Å². The summed E-state index contributed by atoms with van der Waals surface area (Å²) < 4.78 is 18.5. The molecule has 0 atom stereocenters. The Labute approximate surface area is 101 Å². The zero-order chi connectivity index (χ0) is 12.1. The molecule has 17 heavy (non-hydrogen) atoms. The highest BCUT2D eigenvalue weighted by atomic mass is 19.1. The highest BCUT2D eigenvalue weighted by Crippen LogP contribution is 2.10. The third kappa shape index (κ3) is 3.31. The first kappa shape index (κ1) is 11.6. The molecule has 2 nitrogen and oxygen atoms in total. The van der Waals surface area contributed by atoms with Crippen LogP contribution in [0.15, 0.2) is 42.6 Å². The molecule has 84 valence electrons. The molecular formula is C13H11BFNO. The molecule has 4 heteroatoms. The highest BCUT2D eigenvalue weighted by molar-refractivity contribution is 6.32. The summed E-state index contributed by atoms with van der Waals surface area (Å²) in [7, 11) is 5.37. The number of halogens is 1. The van der Waals surface area contributed by atoms with E-state index in [1.54, 1.807) is 12.3 Å². The topological polar surface area (TPSA) is 22.1 Å². The van der Waals surface area contributed by atoms with Gasteiger partial charge in [-0.25, -0.2) is 4.39 Å². The van der Waals surface area contributed by atoms with E-state index in [9.17, 15) is 4.39 Å². The molecule has 0 N–H and O–H groups in total. The zero-order valence-electron chi connectivity index (χ0n) is 9.27. The van der Waals surface area contributed by atoms with E-state index in [0.29, 0.717) is 18.8 Å². The Kier molecular flexibility index (Phi) is 3.75. The van der Waals surface area contributed by atoms with Crippen LogP contribution in [0.5, 0.6) is 5.75 Å².